The molecule has 6 heteroatoms. The molecule has 1 aliphatic heterocycles. The van der Waals surface area contributed by atoms with E-state index in [0.29, 0.717) is 12.0 Å². The van der Waals surface area contributed by atoms with Crippen molar-refractivity contribution in [3.05, 3.63) is 0 Å². The second kappa shape index (κ2) is 5.81. The van der Waals surface area contributed by atoms with Crippen LogP contribution in [0.15, 0.2) is 0 Å². The van der Waals surface area contributed by atoms with E-state index in [0.717, 1.165) is 25.0 Å². The van der Waals surface area contributed by atoms with E-state index in [2.05, 4.69) is 31.8 Å². The fourth-order valence-electron chi connectivity index (χ4n) is 3.22. The van der Waals surface area contributed by atoms with Crippen molar-refractivity contribution in [3.8, 4) is 0 Å². The first-order chi connectivity index (χ1) is 9.74. The Kier molecular flexibility index (Phi) is 3.89. The van der Waals surface area contributed by atoms with Crippen LogP contribution in [0.2, 0.25) is 0 Å². The Balaban J connectivity index is 1.80. The molecule has 0 atom stereocenters. The third-order valence-electron chi connectivity index (χ3n) is 4.46. The lowest BCUT2D eigenvalue weighted by Crippen LogP contribution is -2.35. The number of anilines is 3. The Bertz CT molecular complexity index is 451. The zero-order valence-corrected chi connectivity index (χ0v) is 12.3. The zero-order valence-electron chi connectivity index (χ0n) is 12.3. The summed E-state index contributed by atoms with van der Waals surface area (Å²) in [6.07, 6.45) is 8.81. The molecule has 3 rings (SSSR count). The first kappa shape index (κ1) is 13.4. The van der Waals surface area contributed by atoms with Crippen molar-refractivity contribution in [2.45, 2.75) is 51.0 Å². The van der Waals surface area contributed by atoms with Gasteiger partial charge in [0.25, 0.3) is 0 Å². The number of hydrogen-bond donors (Lipinski definition) is 1. The average molecular weight is 276 g/mol. The van der Waals surface area contributed by atoms with Crippen LogP contribution in [0.25, 0.3) is 0 Å². The van der Waals surface area contributed by atoms with Crippen LogP contribution < -0.4 is 15.5 Å². The lowest BCUT2D eigenvalue weighted by Gasteiger charge is -2.31. The molecule has 1 aromatic heterocycles. The first-order valence-electron chi connectivity index (χ1n) is 7.73. The third kappa shape index (κ3) is 2.78. The van der Waals surface area contributed by atoms with E-state index in [1.807, 2.05) is 0 Å². The topological polar surface area (TPSA) is 71.2 Å². The Morgan fingerprint density at radius 1 is 1.00 bits per heavy atom. The third-order valence-corrected chi connectivity index (χ3v) is 4.46. The van der Waals surface area contributed by atoms with Crippen LogP contribution in [0.1, 0.15) is 44.9 Å². The summed E-state index contributed by atoms with van der Waals surface area (Å²) < 4.78 is 0. The molecule has 1 aliphatic carbocycles. The summed E-state index contributed by atoms with van der Waals surface area (Å²) in [7, 11) is 2.08. The van der Waals surface area contributed by atoms with Gasteiger partial charge in [-0.15, -0.1) is 0 Å². The Labute approximate surface area is 120 Å². The SMILES string of the molecule is CN(c1nc(N)nc(N2CCCC2)n1)C1CCCCC1. The van der Waals surface area contributed by atoms with E-state index in [-0.39, 0.29) is 0 Å². The fraction of sp³-hybridized carbons (Fsp3) is 0.786. The standard InChI is InChI=1S/C14H24N6/c1-19(11-7-3-2-4-8-11)13-16-12(15)17-14(18-13)20-9-5-6-10-20/h11H,2-10H2,1H3,(H2,15,16,17,18). The molecule has 0 radical (unpaired) electrons. The maximum Gasteiger partial charge on any atom is 0.231 e. The fourth-order valence-corrected chi connectivity index (χ4v) is 3.22. The Morgan fingerprint density at radius 3 is 2.40 bits per heavy atom. The molecule has 2 N–H and O–H groups in total. The van der Waals surface area contributed by atoms with Crippen molar-refractivity contribution in [2.75, 3.05) is 35.7 Å². The maximum atomic E-state index is 5.88. The molecule has 0 aromatic carbocycles. The lowest BCUT2D eigenvalue weighted by atomic mass is 9.95. The molecule has 0 unspecified atom stereocenters. The number of hydrogen-bond acceptors (Lipinski definition) is 6. The van der Waals surface area contributed by atoms with Crippen molar-refractivity contribution in [3.63, 3.8) is 0 Å². The van der Waals surface area contributed by atoms with E-state index >= 15 is 0 Å². The summed E-state index contributed by atoms with van der Waals surface area (Å²) in [5.41, 5.74) is 5.88. The number of rotatable bonds is 3. The van der Waals surface area contributed by atoms with Gasteiger partial charge in [-0.1, -0.05) is 19.3 Å². The van der Waals surface area contributed by atoms with E-state index in [1.54, 1.807) is 0 Å². The summed E-state index contributed by atoms with van der Waals surface area (Å²) in [6.45, 7) is 2.05. The molecule has 20 heavy (non-hydrogen) atoms. The highest BCUT2D eigenvalue weighted by molar-refractivity contribution is 5.44. The molecule has 0 spiro atoms. The molecule has 2 heterocycles. The zero-order chi connectivity index (χ0) is 13.9. The smallest absolute Gasteiger partial charge is 0.231 e. The van der Waals surface area contributed by atoms with Crippen molar-refractivity contribution >= 4 is 17.8 Å². The van der Waals surface area contributed by atoms with Crippen LogP contribution in [-0.4, -0.2) is 41.1 Å². The Hall–Kier alpha value is -1.59. The summed E-state index contributed by atoms with van der Waals surface area (Å²) in [4.78, 5) is 17.7. The van der Waals surface area contributed by atoms with Crippen LogP contribution in [-0.2, 0) is 0 Å². The van der Waals surface area contributed by atoms with Gasteiger partial charge in [-0.3, -0.25) is 0 Å². The van der Waals surface area contributed by atoms with Gasteiger partial charge in [0.05, 0.1) is 0 Å². The summed E-state index contributed by atoms with van der Waals surface area (Å²) >= 11 is 0. The van der Waals surface area contributed by atoms with Gasteiger partial charge >= 0.3 is 0 Å². The molecule has 0 amide bonds. The van der Waals surface area contributed by atoms with Crippen molar-refractivity contribution < 1.29 is 0 Å². The van der Waals surface area contributed by atoms with Crippen molar-refractivity contribution in [1.29, 1.82) is 0 Å². The highest BCUT2D eigenvalue weighted by Gasteiger charge is 2.23. The van der Waals surface area contributed by atoms with Crippen molar-refractivity contribution in [1.82, 2.24) is 15.0 Å². The van der Waals surface area contributed by atoms with Crippen LogP contribution in [0.3, 0.4) is 0 Å². The van der Waals surface area contributed by atoms with Gasteiger partial charge in [0.15, 0.2) is 0 Å². The van der Waals surface area contributed by atoms with Crippen LogP contribution in [0.4, 0.5) is 17.8 Å². The Morgan fingerprint density at radius 2 is 1.70 bits per heavy atom. The van der Waals surface area contributed by atoms with Gasteiger partial charge in [0.1, 0.15) is 0 Å². The quantitative estimate of drug-likeness (QED) is 0.908. The highest BCUT2D eigenvalue weighted by Crippen LogP contribution is 2.25. The monoisotopic (exact) mass is 276 g/mol. The molecule has 1 saturated heterocycles. The van der Waals surface area contributed by atoms with Crippen molar-refractivity contribution in [2.24, 2.45) is 0 Å². The van der Waals surface area contributed by atoms with E-state index in [1.165, 1.54) is 44.9 Å². The summed E-state index contributed by atoms with van der Waals surface area (Å²) in [5, 5.41) is 0. The second-order valence-electron chi connectivity index (χ2n) is 5.89. The number of nitrogen functional groups attached to an aromatic ring is 1. The lowest BCUT2D eigenvalue weighted by molar-refractivity contribution is 0.424. The molecule has 1 saturated carbocycles. The average Bonchev–Trinajstić information content (AvgIpc) is 3.01. The van der Waals surface area contributed by atoms with E-state index in [9.17, 15) is 0 Å². The van der Waals surface area contributed by atoms with Crippen LogP contribution in [0.5, 0.6) is 0 Å². The van der Waals surface area contributed by atoms with Gasteiger partial charge in [0.2, 0.25) is 17.8 Å². The van der Waals surface area contributed by atoms with E-state index in [4.69, 9.17) is 5.73 Å². The summed E-state index contributed by atoms with van der Waals surface area (Å²) in [6, 6.07) is 0.539. The van der Waals surface area contributed by atoms with Crippen LogP contribution >= 0.6 is 0 Å². The number of nitrogens with two attached hydrogens (primary N) is 1. The minimum atomic E-state index is 0.333. The molecule has 2 aliphatic rings. The predicted molar refractivity (Wildman–Crippen MR) is 81.0 cm³/mol. The van der Waals surface area contributed by atoms with Gasteiger partial charge in [-0.2, -0.15) is 15.0 Å². The number of aromatic nitrogens is 3. The number of nitrogens with zero attached hydrogens (tertiary/aromatic N) is 5. The van der Waals surface area contributed by atoms with Gasteiger partial charge in [-0.05, 0) is 25.7 Å². The normalized spacial score (nSPS) is 20.4. The molecular formula is C14H24N6. The molecule has 2 fully saturated rings. The summed E-state index contributed by atoms with van der Waals surface area (Å²) in [5.74, 6) is 1.80. The molecule has 0 bridgehead atoms. The predicted octanol–water partition coefficient (Wildman–Crippen LogP) is 1.82. The minimum absolute atomic E-state index is 0.333. The maximum absolute atomic E-state index is 5.88. The van der Waals surface area contributed by atoms with Gasteiger partial charge in [-0.25, -0.2) is 0 Å². The van der Waals surface area contributed by atoms with Crippen LogP contribution in [0, 0.1) is 0 Å². The van der Waals surface area contributed by atoms with Gasteiger partial charge in [0, 0.05) is 26.2 Å². The minimum Gasteiger partial charge on any atom is -0.368 e. The molecule has 1 aromatic rings. The highest BCUT2D eigenvalue weighted by atomic mass is 15.4. The largest absolute Gasteiger partial charge is 0.368 e. The van der Waals surface area contributed by atoms with E-state index < -0.39 is 0 Å². The molecule has 110 valence electrons. The van der Waals surface area contributed by atoms with Gasteiger partial charge < -0.3 is 15.5 Å². The molecule has 6 nitrogen and oxygen atoms in total. The molecular weight excluding hydrogens is 252 g/mol. The first-order valence-corrected chi connectivity index (χ1v) is 7.73. The second-order valence-corrected chi connectivity index (χ2v) is 5.89.